The van der Waals surface area contributed by atoms with Gasteiger partial charge in [-0.2, -0.15) is 0 Å². The molecular formula is C22H23FO6S. The van der Waals surface area contributed by atoms with E-state index in [0.29, 0.717) is 5.56 Å². The largest absolute Gasteiger partial charge is 0.465 e. The smallest absolute Gasteiger partial charge is 0.325 e. The van der Waals surface area contributed by atoms with Crippen LogP contribution in [0.15, 0.2) is 53.4 Å². The Bertz CT molecular complexity index is 1030. The van der Waals surface area contributed by atoms with Gasteiger partial charge in [-0.1, -0.05) is 29.8 Å². The number of hydrogen-bond donors (Lipinski definition) is 0. The first-order valence-electron chi connectivity index (χ1n) is 9.61. The Morgan fingerprint density at radius 3 is 1.90 bits per heavy atom. The van der Waals surface area contributed by atoms with Gasteiger partial charge in [0, 0.05) is 5.92 Å². The molecule has 0 radical (unpaired) electrons. The molecule has 0 heterocycles. The lowest BCUT2D eigenvalue weighted by atomic mass is 9.99. The van der Waals surface area contributed by atoms with Crippen LogP contribution in [0.4, 0.5) is 4.39 Å². The molecule has 0 amide bonds. The SMILES string of the molecule is CCOC(=O)C1(C(=O)OCC)[C@H](S(=O)(=O)c2ccc(C)cc2)[C@@H]1c1ccc(F)cc1. The summed E-state index contributed by atoms with van der Waals surface area (Å²) in [5.74, 6) is -3.49. The molecule has 30 heavy (non-hydrogen) atoms. The molecule has 0 unspecified atom stereocenters. The van der Waals surface area contributed by atoms with Gasteiger partial charge in [0.2, 0.25) is 0 Å². The van der Waals surface area contributed by atoms with E-state index < -0.39 is 44.2 Å². The minimum absolute atomic E-state index is 0.0133. The van der Waals surface area contributed by atoms with Gasteiger partial charge in [-0.25, -0.2) is 12.8 Å². The summed E-state index contributed by atoms with van der Waals surface area (Å²) in [7, 11) is -4.12. The number of carbonyl (C=O) groups excluding carboxylic acids is 2. The number of rotatable bonds is 7. The van der Waals surface area contributed by atoms with Gasteiger partial charge < -0.3 is 9.47 Å². The van der Waals surface area contributed by atoms with Crippen molar-refractivity contribution in [2.24, 2.45) is 5.41 Å². The molecule has 1 aliphatic carbocycles. The summed E-state index contributed by atoms with van der Waals surface area (Å²) in [6.07, 6.45) is 0. The molecule has 0 saturated heterocycles. The summed E-state index contributed by atoms with van der Waals surface area (Å²) in [6, 6.07) is 11.2. The summed E-state index contributed by atoms with van der Waals surface area (Å²) < 4.78 is 50.7. The molecule has 0 bridgehead atoms. The maximum atomic E-state index is 13.5. The Hall–Kier alpha value is -2.74. The molecule has 2 aromatic carbocycles. The standard InChI is InChI=1S/C22H23FO6S/c1-4-28-20(24)22(21(25)29-5-2)18(15-8-10-16(23)11-9-15)19(22)30(26,27)17-12-6-14(3)7-13-17/h6-13,18-19H,4-5H2,1-3H3/t18-,19+/m0/s1. The first-order chi connectivity index (χ1) is 14.2. The second-order valence-electron chi connectivity index (χ2n) is 7.12. The van der Waals surface area contributed by atoms with E-state index in [1.165, 1.54) is 24.3 Å². The average Bonchev–Trinajstić information content (AvgIpc) is 3.42. The van der Waals surface area contributed by atoms with Gasteiger partial charge in [0.1, 0.15) is 11.1 Å². The van der Waals surface area contributed by atoms with Gasteiger partial charge in [0.05, 0.1) is 18.1 Å². The zero-order chi connectivity index (χ0) is 22.1. The van der Waals surface area contributed by atoms with Crippen molar-refractivity contribution in [3.05, 3.63) is 65.5 Å². The van der Waals surface area contributed by atoms with E-state index in [-0.39, 0.29) is 18.1 Å². The van der Waals surface area contributed by atoms with E-state index in [4.69, 9.17) is 9.47 Å². The van der Waals surface area contributed by atoms with Crippen molar-refractivity contribution in [2.75, 3.05) is 13.2 Å². The summed E-state index contributed by atoms with van der Waals surface area (Å²) in [4.78, 5) is 25.9. The van der Waals surface area contributed by atoms with Crippen molar-refractivity contribution >= 4 is 21.8 Å². The maximum Gasteiger partial charge on any atom is 0.325 e. The first-order valence-corrected chi connectivity index (χ1v) is 11.2. The fraction of sp³-hybridized carbons (Fsp3) is 0.364. The van der Waals surface area contributed by atoms with Crippen LogP contribution in [0.2, 0.25) is 0 Å². The number of hydrogen-bond acceptors (Lipinski definition) is 6. The van der Waals surface area contributed by atoms with Crippen molar-refractivity contribution in [2.45, 2.75) is 36.8 Å². The molecule has 0 N–H and O–H groups in total. The Kier molecular flexibility index (Phi) is 5.99. The van der Waals surface area contributed by atoms with E-state index in [1.807, 2.05) is 6.92 Å². The number of sulfone groups is 1. The number of benzene rings is 2. The molecule has 8 heteroatoms. The Morgan fingerprint density at radius 2 is 1.43 bits per heavy atom. The zero-order valence-corrected chi connectivity index (χ0v) is 17.7. The molecule has 0 spiro atoms. The Balaban J connectivity index is 2.19. The van der Waals surface area contributed by atoms with Crippen LogP contribution in [-0.2, 0) is 28.9 Å². The lowest BCUT2D eigenvalue weighted by molar-refractivity contribution is -0.164. The van der Waals surface area contributed by atoms with Crippen molar-refractivity contribution in [1.29, 1.82) is 0 Å². The third-order valence-corrected chi connectivity index (χ3v) is 7.51. The number of halogens is 1. The first kappa shape index (κ1) is 22.0. The molecule has 1 fully saturated rings. The Morgan fingerprint density at radius 1 is 0.933 bits per heavy atom. The molecule has 0 aromatic heterocycles. The molecular weight excluding hydrogens is 411 g/mol. The fourth-order valence-corrected chi connectivity index (χ4v) is 6.12. The molecule has 3 rings (SSSR count). The monoisotopic (exact) mass is 434 g/mol. The number of aryl methyl sites for hydroxylation is 1. The molecule has 160 valence electrons. The molecule has 1 saturated carbocycles. The van der Waals surface area contributed by atoms with Crippen molar-refractivity contribution in [1.82, 2.24) is 0 Å². The number of esters is 2. The zero-order valence-electron chi connectivity index (χ0n) is 16.9. The summed E-state index contributed by atoms with van der Waals surface area (Å²) in [5.41, 5.74) is -0.840. The highest BCUT2D eigenvalue weighted by atomic mass is 32.2. The van der Waals surface area contributed by atoms with Crippen LogP contribution >= 0.6 is 0 Å². The second-order valence-corrected chi connectivity index (χ2v) is 9.19. The minimum Gasteiger partial charge on any atom is -0.465 e. The van der Waals surface area contributed by atoms with Gasteiger partial charge in [0.15, 0.2) is 15.3 Å². The van der Waals surface area contributed by atoms with Gasteiger partial charge in [-0.15, -0.1) is 0 Å². The van der Waals surface area contributed by atoms with Crippen LogP contribution in [0.1, 0.15) is 30.9 Å². The second kappa shape index (κ2) is 8.18. The van der Waals surface area contributed by atoms with Gasteiger partial charge >= 0.3 is 11.9 Å². The quantitative estimate of drug-likeness (QED) is 0.491. The number of ether oxygens (including phenoxy) is 2. The van der Waals surface area contributed by atoms with Crippen LogP contribution < -0.4 is 0 Å². The van der Waals surface area contributed by atoms with Crippen LogP contribution in [0.5, 0.6) is 0 Å². The molecule has 2 aromatic rings. The molecule has 2 atom stereocenters. The molecule has 0 aliphatic heterocycles. The Labute approximate surface area is 174 Å². The highest BCUT2D eigenvalue weighted by Gasteiger charge is 2.81. The van der Waals surface area contributed by atoms with E-state index in [2.05, 4.69) is 0 Å². The lowest BCUT2D eigenvalue weighted by Gasteiger charge is -2.15. The topological polar surface area (TPSA) is 86.7 Å². The predicted octanol–water partition coefficient (Wildman–Crippen LogP) is 3.19. The summed E-state index contributed by atoms with van der Waals surface area (Å²) in [6.45, 7) is 4.88. The van der Waals surface area contributed by atoms with E-state index in [1.54, 1.807) is 26.0 Å². The van der Waals surface area contributed by atoms with Gasteiger partial charge in [-0.3, -0.25) is 9.59 Å². The third-order valence-electron chi connectivity index (χ3n) is 5.27. The van der Waals surface area contributed by atoms with Crippen LogP contribution in [0.3, 0.4) is 0 Å². The summed E-state index contributed by atoms with van der Waals surface area (Å²) >= 11 is 0. The van der Waals surface area contributed by atoms with Crippen molar-refractivity contribution in [3.8, 4) is 0 Å². The average molecular weight is 434 g/mol. The van der Waals surface area contributed by atoms with Gasteiger partial charge in [0.25, 0.3) is 0 Å². The van der Waals surface area contributed by atoms with Crippen LogP contribution in [0, 0.1) is 18.2 Å². The third kappa shape index (κ3) is 3.49. The van der Waals surface area contributed by atoms with Crippen molar-refractivity contribution < 1.29 is 31.9 Å². The molecule has 6 nitrogen and oxygen atoms in total. The predicted molar refractivity (Wildman–Crippen MR) is 107 cm³/mol. The minimum atomic E-state index is -4.12. The molecule has 1 aliphatic rings. The maximum absolute atomic E-state index is 13.5. The van der Waals surface area contributed by atoms with Crippen LogP contribution in [-0.4, -0.2) is 38.8 Å². The summed E-state index contributed by atoms with van der Waals surface area (Å²) in [5, 5.41) is -1.42. The van der Waals surface area contributed by atoms with Crippen molar-refractivity contribution in [3.63, 3.8) is 0 Å². The highest BCUT2D eigenvalue weighted by Crippen LogP contribution is 2.65. The lowest BCUT2D eigenvalue weighted by Crippen LogP contribution is -2.35. The van der Waals surface area contributed by atoms with Gasteiger partial charge in [-0.05, 0) is 50.6 Å². The normalized spacial score (nSPS) is 19.7. The van der Waals surface area contributed by atoms with E-state index >= 15 is 0 Å². The number of carbonyl (C=O) groups is 2. The van der Waals surface area contributed by atoms with E-state index in [0.717, 1.165) is 17.7 Å². The van der Waals surface area contributed by atoms with Crippen LogP contribution in [0.25, 0.3) is 0 Å². The van der Waals surface area contributed by atoms with E-state index in [9.17, 15) is 22.4 Å². The highest BCUT2D eigenvalue weighted by molar-refractivity contribution is 7.92. The fourth-order valence-electron chi connectivity index (χ4n) is 3.83.